The zero-order chi connectivity index (χ0) is 20.3. The van der Waals surface area contributed by atoms with Gasteiger partial charge in [-0.05, 0) is 0 Å². The van der Waals surface area contributed by atoms with Crippen molar-refractivity contribution in [1.29, 1.82) is 0 Å². The number of nitrogens with one attached hydrogen (secondary N) is 1. The van der Waals surface area contributed by atoms with E-state index in [0.29, 0.717) is 0 Å². The highest BCUT2D eigenvalue weighted by Crippen LogP contribution is 2.28. The number of aliphatic carboxylic acids is 1. The zero-order valence-corrected chi connectivity index (χ0v) is 14.1. The van der Waals surface area contributed by atoms with Crippen molar-refractivity contribution in [2.45, 2.75) is 61.3 Å². The van der Waals surface area contributed by atoms with Gasteiger partial charge in [0.05, 0.1) is 19.8 Å². The first kappa shape index (κ1) is 22.3. The van der Waals surface area contributed by atoms with Gasteiger partial charge in [-0.15, -0.1) is 0 Å². The molecule has 0 saturated carbocycles. The van der Waals surface area contributed by atoms with Crippen LogP contribution >= 0.6 is 0 Å². The molecular formula is C14H25NO12. The maximum Gasteiger partial charge on any atom is 0.317 e. The predicted octanol–water partition coefficient (Wildman–Crippen LogP) is -5.72. The first-order valence-electron chi connectivity index (χ1n) is 8.24. The van der Waals surface area contributed by atoms with Crippen molar-refractivity contribution in [3.05, 3.63) is 0 Å². The normalized spacial score (nSPS) is 45.6. The van der Waals surface area contributed by atoms with Crippen molar-refractivity contribution < 1.29 is 59.9 Å². The lowest BCUT2D eigenvalue weighted by atomic mass is 9.96. The molecule has 0 aliphatic carbocycles. The lowest BCUT2D eigenvalue weighted by molar-refractivity contribution is -0.343. The van der Waals surface area contributed by atoms with Gasteiger partial charge in [0.1, 0.15) is 55.1 Å². The molecule has 0 amide bonds. The minimum atomic E-state index is -1.76. The van der Waals surface area contributed by atoms with Gasteiger partial charge in [0.25, 0.3) is 0 Å². The highest BCUT2D eigenvalue weighted by molar-refractivity contribution is 5.69. The molecule has 0 bridgehead atoms. The van der Waals surface area contributed by atoms with Crippen LogP contribution in [0.2, 0.25) is 0 Å². The van der Waals surface area contributed by atoms with E-state index in [0.717, 1.165) is 0 Å². The molecule has 13 heteroatoms. The van der Waals surface area contributed by atoms with Gasteiger partial charge >= 0.3 is 5.97 Å². The highest BCUT2D eigenvalue weighted by atomic mass is 16.7. The molecule has 0 aromatic carbocycles. The number of rotatable bonds is 7. The van der Waals surface area contributed by atoms with E-state index in [4.69, 9.17) is 19.3 Å². The summed E-state index contributed by atoms with van der Waals surface area (Å²) < 4.78 is 15.8. The third-order valence-corrected chi connectivity index (χ3v) is 4.46. The molecule has 158 valence electrons. The lowest BCUT2D eigenvalue weighted by Gasteiger charge is -2.46. The van der Waals surface area contributed by atoms with E-state index in [1.807, 2.05) is 0 Å². The Morgan fingerprint density at radius 3 is 2.04 bits per heavy atom. The quantitative estimate of drug-likeness (QED) is 0.195. The maximum atomic E-state index is 10.6. The molecule has 2 aliphatic heterocycles. The van der Waals surface area contributed by atoms with Crippen LogP contribution in [0.15, 0.2) is 0 Å². The Morgan fingerprint density at radius 2 is 1.48 bits per heavy atom. The van der Waals surface area contributed by atoms with Crippen LogP contribution in [0.1, 0.15) is 0 Å². The fourth-order valence-electron chi connectivity index (χ4n) is 2.95. The average Bonchev–Trinajstić information content (AvgIpc) is 2.64. The van der Waals surface area contributed by atoms with Crippen LogP contribution in [0.4, 0.5) is 0 Å². The van der Waals surface area contributed by atoms with Crippen LogP contribution in [0.5, 0.6) is 0 Å². The Hall–Kier alpha value is -0.970. The first-order chi connectivity index (χ1) is 12.7. The summed E-state index contributed by atoms with van der Waals surface area (Å²) in [4.78, 5) is 10.6. The maximum absolute atomic E-state index is 10.6. The predicted molar refractivity (Wildman–Crippen MR) is 82.0 cm³/mol. The third kappa shape index (κ3) is 4.90. The standard InChI is InChI=1S/C14H25NO12/c16-2-4-7(20)8(21)11(24)14(26-4)27-12-5(3-17)25-13(10(23)9(12)22)15-1-6(18)19/h4-5,7-17,20-24H,1-3H2,(H,18,19)/t4-,5-,7+,8+,9-,10-,11-,12-,13-,14+/m1/s1. The van der Waals surface area contributed by atoms with Crippen LogP contribution in [0.3, 0.4) is 0 Å². The van der Waals surface area contributed by atoms with Crippen molar-refractivity contribution in [3.8, 4) is 0 Å². The van der Waals surface area contributed by atoms with Crippen molar-refractivity contribution >= 4 is 5.97 Å². The summed E-state index contributed by atoms with van der Waals surface area (Å²) in [5, 5.41) is 79.6. The number of carboxylic acid groups (broad SMARTS) is 1. The van der Waals surface area contributed by atoms with Crippen LogP contribution in [-0.4, -0.2) is 128 Å². The summed E-state index contributed by atoms with van der Waals surface area (Å²) in [5.41, 5.74) is 0. The molecule has 0 unspecified atom stereocenters. The van der Waals surface area contributed by atoms with Gasteiger partial charge in [-0.3, -0.25) is 10.1 Å². The van der Waals surface area contributed by atoms with Crippen molar-refractivity contribution in [3.63, 3.8) is 0 Å². The van der Waals surface area contributed by atoms with E-state index in [-0.39, 0.29) is 0 Å². The van der Waals surface area contributed by atoms with Gasteiger partial charge in [-0.25, -0.2) is 0 Å². The van der Waals surface area contributed by atoms with E-state index >= 15 is 0 Å². The summed E-state index contributed by atoms with van der Waals surface area (Å²) in [6.45, 7) is -1.97. The number of hydrogen-bond donors (Lipinski definition) is 9. The Morgan fingerprint density at radius 1 is 0.852 bits per heavy atom. The fraction of sp³-hybridized carbons (Fsp3) is 0.929. The molecule has 0 spiro atoms. The molecule has 10 atom stereocenters. The molecule has 2 rings (SSSR count). The van der Waals surface area contributed by atoms with Crippen molar-refractivity contribution in [1.82, 2.24) is 5.32 Å². The summed E-state index contributed by atoms with van der Waals surface area (Å²) in [7, 11) is 0. The highest BCUT2D eigenvalue weighted by Gasteiger charge is 2.50. The van der Waals surface area contributed by atoms with Gasteiger partial charge in [-0.2, -0.15) is 0 Å². The van der Waals surface area contributed by atoms with E-state index in [2.05, 4.69) is 5.32 Å². The summed E-state index contributed by atoms with van der Waals surface area (Å²) >= 11 is 0. The van der Waals surface area contributed by atoms with E-state index in [9.17, 15) is 40.5 Å². The van der Waals surface area contributed by atoms with Crippen LogP contribution in [-0.2, 0) is 19.0 Å². The zero-order valence-electron chi connectivity index (χ0n) is 14.1. The average molecular weight is 399 g/mol. The van der Waals surface area contributed by atoms with Gasteiger partial charge in [-0.1, -0.05) is 0 Å². The van der Waals surface area contributed by atoms with Crippen molar-refractivity contribution in [2.75, 3.05) is 19.8 Å². The molecule has 2 aliphatic rings. The molecule has 2 saturated heterocycles. The monoisotopic (exact) mass is 399 g/mol. The molecule has 0 aromatic heterocycles. The van der Waals surface area contributed by atoms with Gasteiger partial charge in [0.15, 0.2) is 6.29 Å². The molecular weight excluding hydrogens is 374 g/mol. The second-order valence-corrected chi connectivity index (χ2v) is 6.33. The van der Waals surface area contributed by atoms with Crippen LogP contribution < -0.4 is 5.32 Å². The Kier molecular flexibility index (Phi) is 7.84. The molecule has 0 radical (unpaired) electrons. The number of carbonyl (C=O) groups is 1. The fourth-order valence-corrected chi connectivity index (χ4v) is 2.95. The van der Waals surface area contributed by atoms with Gasteiger partial charge < -0.3 is 55.1 Å². The van der Waals surface area contributed by atoms with Crippen LogP contribution in [0, 0.1) is 0 Å². The van der Waals surface area contributed by atoms with E-state index < -0.39 is 87.1 Å². The lowest BCUT2D eigenvalue weighted by Crippen LogP contribution is -2.66. The minimum Gasteiger partial charge on any atom is -0.480 e. The van der Waals surface area contributed by atoms with Gasteiger partial charge in [0.2, 0.25) is 0 Å². The minimum absolute atomic E-state index is 0.579. The number of carboxylic acids is 1. The number of aliphatic hydroxyl groups is 7. The summed E-state index contributed by atoms with van der Waals surface area (Å²) in [6, 6.07) is 0. The van der Waals surface area contributed by atoms with Crippen LogP contribution in [0.25, 0.3) is 0 Å². The molecule has 2 fully saturated rings. The summed E-state index contributed by atoms with van der Waals surface area (Å²) in [6.07, 6.45) is -15.3. The van der Waals surface area contributed by atoms with E-state index in [1.165, 1.54) is 0 Å². The second-order valence-electron chi connectivity index (χ2n) is 6.33. The SMILES string of the molecule is O=C(O)CN[C@@H]1O[C@H](CO)[C@@H](O[C@@H]2O[C@H](CO)[C@H](O)[C@H](O)[C@H]2O)[C@H](O)[C@H]1O. The molecule has 13 nitrogen and oxygen atoms in total. The molecule has 27 heavy (non-hydrogen) atoms. The number of ether oxygens (including phenoxy) is 3. The first-order valence-corrected chi connectivity index (χ1v) is 8.24. The molecule has 9 N–H and O–H groups in total. The van der Waals surface area contributed by atoms with Gasteiger partial charge in [0, 0.05) is 0 Å². The van der Waals surface area contributed by atoms with Crippen molar-refractivity contribution in [2.24, 2.45) is 0 Å². The Labute approximate surface area is 153 Å². The summed E-state index contributed by atoms with van der Waals surface area (Å²) in [5.74, 6) is -1.24. The number of hydrogen-bond acceptors (Lipinski definition) is 12. The Bertz CT molecular complexity index is 491. The molecule has 0 aromatic rings. The third-order valence-electron chi connectivity index (χ3n) is 4.46. The Balaban J connectivity index is 2.09. The number of aliphatic hydroxyl groups excluding tert-OH is 7. The molecule has 2 heterocycles. The largest absolute Gasteiger partial charge is 0.480 e. The van der Waals surface area contributed by atoms with E-state index in [1.54, 1.807) is 0 Å². The topological polar surface area (TPSA) is 219 Å². The smallest absolute Gasteiger partial charge is 0.317 e. The second kappa shape index (κ2) is 9.49.